The fraction of sp³-hybridized carbons (Fsp3) is 0.308. The van der Waals surface area contributed by atoms with Crippen molar-refractivity contribution in [3.8, 4) is 12.3 Å². The second-order valence-electron chi connectivity index (χ2n) is 3.81. The first-order valence-electron chi connectivity index (χ1n) is 5.72. The molecular formula is C13H13ClN2O3. The smallest absolute Gasteiger partial charge is 0.288 e. The quantitative estimate of drug-likeness (QED) is 0.377. The maximum Gasteiger partial charge on any atom is 0.288 e. The van der Waals surface area contributed by atoms with Gasteiger partial charge in [-0.05, 0) is 18.9 Å². The number of halogens is 1. The summed E-state index contributed by atoms with van der Waals surface area (Å²) in [6.07, 6.45) is 7.34. The van der Waals surface area contributed by atoms with Gasteiger partial charge in [0.2, 0.25) is 0 Å². The highest BCUT2D eigenvalue weighted by molar-refractivity contribution is 6.35. The van der Waals surface area contributed by atoms with E-state index in [0.29, 0.717) is 13.0 Å². The van der Waals surface area contributed by atoms with Crippen molar-refractivity contribution in [2.24, 2.45) is 0 Å². The molecule has 0 spiro atoms. The monoisotopic (exact) mass is 280 g/mol. The number of hydrogen-bond donors (Lipinski definition) is 1. The fourth-order valence-electron chi connectivity index (χ4n) is 1.49. The van der Waals surface area contributed by atoms with Gasteiger partial charge in [-0.25, -0.2) is 0 Å². The topological polar surface area (TPSA) is 72.2 Å². The van der Waals surface area contributed by atoms with Crippen LogP contribution in [0.1, 0.15) is 29.6 Å². The Morgan fingerprint density at radius 1 is 1.47 bits per heavy atom. The summed E-state index contributed by atoms with van der Waals surface area (Å²) in [6.45, 7) is 0.458. The van der Waals surface area contributed by atoms with Crippen LogP contribution in [0.2, 0.25) is 5.02 Å². The van der Waals surface area contributed by atoms with Crippen molar-refractivity contribution in [2.45, 2.75) is 19.3 Å². The zero-order chi connectivity index (χ0) is 14.3. The Morgan fingerprint density at radius 3 is 2.84 bits per heavy atom. The number of nitrogens with one attached hydrogen (secondary N) is 1. The Morgan fingerprint density at radius 2 is 2.21 bits per heavy atom. The average Bonchev–Trinajstić information content (AvgIpc) is 2.38. The number of unbranched alkanes of at least 4 members (excludes halogenated alkanes) is 2. The first kappa shape index (κ1) is 15.0. The Kier molecular flexibility index (Phi) is 5.83. The number of nitro groups is 1. The number of nitrogens with zero attached hydrogens (tertiary/aromatic N) is 1. The maximum absolute atomic E-state index is 11.8. The number of carbonyl (C=O) groups excluding carboxylic acids is 1. The minimum Gasteiger partial charge on any atom is -0.352 e. The zero-order valence-corrected chi connectivity index (χ0v) is 10.9. The molecule has 0 saturated heterocycles. The first-order valence-corrected chi connectivity index (χ1v) is 6.10. The van der Waals surface area contributed by atoms with Crippen molar-refractivity contribution in [2.75, 3.05) is 6.54 Å². The Bertz CT molecular complexity index is 523. The second kappa shape index (κ2) is 7.39. The second-order valence-corrected chi connectivity index (χ2v) is 4.19. The van der Waals surface area contributed by atoms with E-state index >= 15 is 0 Å². The van der Waals surface area contributed by atoms with E-state index in [1.807, 2.05) is 0 Å². The van der Waals surface area contributed by atoms with Crippen LogP contribution < -0.4 is 5.32 Å². The van der Waals surface area contributed by atoms with Crippen LogP contribution in [-0.2, 0) is 0 Å². The minimum atomic E-state index is -0.619. The van der Waals surface area contributed by atoms with Gasteiger partial charge in [-0.3, -0.25) is 14.9 Å². The highest BCUT2D eigenvalue weighted by Crippen LogP contribution is 2.27. The molecule has 0 unspecified atom stereocenters. The Balaban J connectivity index is 2.65. The Hall–Kier alpha value is -2.06. The van der Waals surface area contributed by atoms with Gasteiger partial charge in [0.1, 0.15) is 5.02 Å². The van der Waals surface area contributed by atoms with E-state index in [4.69, 9.17) is 18.0 Å². The summed E-state index contributed by atoms with van der Waals surface area (Å²) >= 11 is 5.83. The van der Waals surface area contributed by atoms with Crippen LogP contribution in [-0.4, -0.2) is 17.4 Å². The van der Waals surface area contributed by atoms with Gasteiger partial charge in [-0.1, -0.05) is 17.7 Å². The van der Waals surface area contributed by atoms with Crippen LogP contribution in [0.25, 0.3) is 0 Å². The lowest BCUT2D eigenvalue weighted by Crippen LogP contribution is -2.24. The number of rotatable bonds is 6. The number of carbonyl (C=O) groups is 1. The van der Waals surface area contributed by atoms with Gasteiger partial charge in [0.05, 0.1) is 10.5 Å². The van der Waals surface area contributed by atoms with Crippen molar-refractivity contribution in [3.63, 3.8) is 0 Å². The molecule has 0 bridgehead atoms. The molecule has 0 heterocycles. The van der Waals surface area contributed by atoms with Gasteiger partial charge < -0.3 is 5.32 Å². The van der Waals surface area contributed by atoms with Crippen molar-refractivity contribution >= 4 is 23.2 Å². The molecule has 0 saturated carbocycles. The molecule has 0 aliphatic rings. The van der Waals surface area contributed by atoms with Crippen molar-refractivity contribution in [1.82, 2.24) is 5.32 Å². The molecule has 1 aromatic rings. The van der Waals surface area contributed by atoms with E-state index in [1.165, 1.54) is 18.2 Å². The first-order chi connectivity index (χ1) is 9.07. The highest BCUT2D eigenvalue weighted by atomic mass is 35.5. The van der Waals surface area contributed by atoms with Crippen LogP contribution in [0, 0.1) is 22.5 Å². The third kappa shape index (κ3) is 4.27. The van der Waals surface area contributed by atoms with Gasteiger partial charge in [0, 0.05) is 19.0 Å². The summed E-state index contributed by atoms with van der Waals surface area (Å²) in [7, 11) is 0. The number of benzene rings is 1. The molecule has 1 rings (SSSR count). The van der Waals surface area contributed by atoms with Crippen molar-refractivity contribution in [1.29, 1.82) is 0 Å². The molecule has 0 aliphatic heterocycles. The molecule has 0 aliphatic carbocycles. The fourth-order valence-corrected chi connectivity index (χ4v) is 1.77. The summed E-state index contributed by atoms with van der Waals surface area (Å²) in [5, 5.41) is 13.2. The standard InChI is InChI=1S/C13H13ClN2O3/c1-2-3-4-5-9-15-13(17)10-7-6-8-11(12(10)14)16(18)19/h1,6-8H,3-5,9H2,(H,15,17). The number of terminal acetylenes is 1. The molecule has 6 heteroatoms. The van der Waals surface area contributed by atoms with Crippen LogP contribution in [0.15, 0.2) is 18.2 Å². The van der Waals surface area contributed by atoms with Crippen molar-refractivity contribution in [3.05, 3.63) is 38.9 Å². The van der Waals surface area contributed by atoms with E-state index in [0.717, 1.165) is 12.8 Å². The number of hydrogen-bond acceptors (Lipinski definition) is 3. The predicted octanol–water partition coefficient (Wildman–Crippen LogP) is 2.78. The molecule has 0 fully saturated rings. The lowest BCUT2D eigenvalue weighted by Gasteiger charge is -2.06. The molecular weight excluding hydrogens is 268 g/mol. The molecule has 0 radical (unpaired) electrons. The molecule has 1 N–H and O–H groups in total. The van der Waals surface area contributed by atoms with Gasteiger partial charge in [0.25, 0.3) is 11.6 Å². The van der Waals surface area contributed by atoms with E-state index < -0.39 is 10.8 Å². The van der Waals surface area contributed by atoms with Crippen molar-refractivity contribution < 1.29 is 9.72 Å². The molecule has 19 heavy (non-hydrogen) atoms. The summed E-state index contributed by atoms with van der Waals surface area (Å²) in [4.78, 5) is 21.9. The van der Waals surface area contributed by atoms with Crippen LogP contribution in [0.3, 0.4) is 0 Å². The molecule has 5 nitrogen and oxygen atoms in total. The van der Waals surface area contributed by atoms with E-state index in [9.17, 15) is 14.9 Å². The third-order valence-electron chi connectivity index (χ3n) is 2.45. The van der Waals surface area contributed by atoms with Gasteiger partial charge >= 0.3 is 0 Å². The maximum atomic E-state index is 11.8. The minimum absolute atomic E-state index is 0.104. The third-order valence-corrected chi connectivity index (χ3v) is 2.85. The lowest BCUT2D eigenvalue weighted by molar-refractivity contribution is -0.384. The summed E-state index contributed by atoms with van der Waals surface area (Å²) < 4.78 is 0. The molecule has 0 aromatic heterocycles. The van der Waals surface area contributed by atoms with Crippen LogP contribution in [0.5, 0.6) is 0 Å². The number of nitro benzene ring substituents is 1. The average molecular weight is 281 g/mol. The Labute approximate surface area is 116 Å². The van der Waals surface area contributed by atoms with E-state index in [2.05, 4.69) is 11.2 Å². The molecule has 100 valence electrons. The summed E-state index contributed by atoms with van der Waals surface area (Å²) in [5.74, 6) is 2.09. The molecule has 1 aromatic carbocycles. The van der Waals surface area contributed by atoms with E-state index in [1.54, 1.807) is 0 Å². The van der Waals surface area contributed by atoms with Gasteiger partial charge in [-0.15, -0.1) is 12.3 Å². The lowest BCUT2D eigenvalue weighted by atomic mass is 10.2. The highest BCUT2D eigenvalue weighted by Gasteiger charge is 2.19. The van der Waals surface area contributed by atoms with Gasteiger partial charge in [-0.2, -0.15) is 0 Å². The predicted molar refractivity (Wildman–Crippen MR) is 73.1 cm³/mol. The van der Waals surface area contributed by atoms with Crippen LogP contribution in [0.4, 0.5) is 5.69 Å². The normalized spacial score (nSPS) is 9.68. The summed E-state index contributed by atoms with van der Waals surface area (Å²) in [6, 6.07) is 4.13. The SMILES string of the molecule is C#CCCCCNC(=O)c1cccc([N+](=O)[O-])c1Cl. The van der Waals surface area contributed by atoms with E-state index in [-0.39, 0.29) is 16.3 Å². The number of amides is 1. The molecule has 0 atom stereocenters. The summed E-state index contributed by atoms with van der Waals surface area (Å²) in [5.41, 5.74) is -0.172. The van der Waals surface area contributed by atoms with Crippen LogP contribution >= 0.6 is 11.6 Å². The molecule has 1 amide bonds. The largest absolute Gasteiger partial charge is 0.352 e. The zero-order valence-electron chi connectivity index (χ0n) is 10.2. The van der Waals surface area contributed by atoms with Gasteiger partial charge in [0.15, 0.2) is 0 Å².